The number of carboxylic acid groups (broad SMARTS) is 1. The van der Waals surface area contributed by atoms with Gasteiger partial charge < -0.3 is 15.5 Å². The van der Waals surface area contributed by atoms with E-state index in [1.165, 1.54) is 0 Å². The van der Waals surface area contributed by atoms with Crippen LogP contribution in [-0.2, 0) is 4.79 Å². The van der Waals surface area contributed by atoms with E-state index in [-0.39, 0.29) is 0 Å². The first-order chi connectivity index (χ1) is 14.7. The first-order valence-corrected chi connectivity index (χ1v) is 5.15. The van der Waals surface area contributed by atoms with Crippen LogP contribution in [0.3, 0.4) is 0 Å². The maximum Gasteiger partial charge on any atom is 0.322 e. The van der Waals surface area contributed by atoms with E-state index in [4.69, 9.17) is 15.2 Å². The van der Waals surface area contributed by atoms with Gasteiger partial charge in [-0.2, -0.15) is 0 Å². The number of carbonyl (C=O) groups is 2. The molecule has 0 atom stereocenters. The van der Waals surface area contributed by atoms with Gasteiger partial charge in [0.15, 0.2) is 7.11 Å². The van der Waals surface area contributed by atoms with Crippen molar-refractivity contribution in [1.82, 2.24) is 10.3 Å². The van der Waals surface area contributed by atoms with Crippen molar-refractivity contribution in [2.24, 2.45) is 0 Å². The van der Waals surface area contributed by atoms with Crippen molar-refractivity contribution in [3.05, 3.63) is 47.9 Å². The average molecular weight is 301 g/mol. The van der Waals surface area contributed by atoms with Gasteiger partial charge in [0.05, 0.1) is 11.0 Å². The van der Waals surface area contributed by atoms with Crippen molar-refractivity contribution >= 4 is 11.9 Å². The minimum absolute atomic E-state index is 0.629. The molecule has 0 radical (unpaired) electrons. The monoisotopic (exact) mass is 301 g/mol. The molecule has 7 heteroatoms. The van der Waals surface area contributed by atoms with Crippen molar-refractivity contribution in [3.63, 3.8) is 0 Å². The molecule has 0 aliphatic carbocycles. The summed E-state index contributed by atoms with van der Waals surface area (Å²) in [6.45, 7) is -3.52. The molecule has 0 unspecified atom stereocenters. The van der Waals surface area contributed by atoms with Gasteiger partial charge in [0.25, 0.3) is 8.77 Å². The zero-order chi connectivity index (χ0) is 24.7. The van der Waals surface area contributed by atoms with E-state index in [2.05, 4.69) is 15.2 Å². The zero-order valence-corrected chi connectivity index (χ0v) is 9.91. The fraction of sp³-hybridized carbons (Fsp3) is 0.0714. The van der Waals surface area contributed by atoms with Crippen LogP contribution in [0.5, 0.6) is 5.75 Å². The molecule has 0 fully saturated rings. The normalized spacial score (nSPS) is 17.9. The van der Waals surface area contributed by atoms with Gasteiger partial charge in [0, 0.05) is 11.7 Å². The lowest BCUT2D eigenvalue weighted by Crippen LogP contribution is -2.29. The van der Waals surface area contributed by atoms with Crippen molar-refractivity contribution in [2.75, 3.05) is 6.50 Å². The summed E-state index contributed by atoms with van der Waals surface area (Å²) in [5.74, 6) is -6.39. The van der Waals surface area contributed by atoms with Crippen LogP contribution in [0.15, 0.2) is 36.4 Å². The van der Waals surface area contributed by atoms with E-state index in [0.29, 0.717) is 0 Å². The number of nitrogens with one attached hydrogen (secondary N) is 1. The second-order valence-electron chi connectivity index (χ2n) is 3.41. The summed E-state index contributed by atoms with van der Waals surface area (Å²) in [4.78, 5) is 27.2. The number of carbonyl (C=O) groups excluding carboxylic acids is 1. The van der Waals surface area contributed by atoms with E-state index in [1.807, 2.05) is 0 Å². The van der Waals surface area contributed by atoms with E-state index in [9.17, 15) is 14.0 Å². The number of hydrogen-bond donors (Lipinski definition) is 3. The summed E-state index contributed by atoms with van der Waals surface area (Å²) in [7, 11) is 0. The number of carboxylic acids is 1. The SMILES string of the molecule is [2H]OC(=O)C([2H])([2H])N([2H])C(=O)c1nc([2H])c(-c2c([2H])c([2H])c([2H])c(F)c2[2H])c([2H])c1O[2H]. The lowest BCUT2D eigenvalue weighted by atomic mass is 10.1. The van der Waals surface area contributed by atoms with E-state index in [0.717, 1.165) is 0 Å². The minimum atomic E-state index is -3.52. The van der Waals surface area contributed by atoms with Gasteiger partial charge in [-0.25, -0.2) is 9.37 Å². The summed E-state index contributed by atoms with van der Waals surface area (Å²) < 4.78 is 96.7. The van der Waals surface area contributed by atoms with Crippen LogP contribution in [0.1, 0.15) is 21.5 Å². The van der Waals surface area contributed by atoms with Gasteiger partial charge in [0.2, 0.25) is 0 Å². The molecule has 0 aliphatic rings. The highest BCUT2D eigenvalue weighted by molar-refractivity contribution is 5.96. The second kappa shape index (κ2) is 6.00. The van der Waals surface area contributed by atoms with Crippen molar-refractivity contribution in [3.8, 4) is 16.9 Å². The molecule has 0 bridgehead atoms. The van der Waals surface area contributed by atoms with Gasteiger partial charge in [0.1, 0.15) is 18.1 Å². The largest absolute Gasteiger partial charge is 0.505 e. The van der Waals surface area contributed by atoms with Gasteiger partial charge in [-0.05, 0) is 23.7 Å². The summed E-state index contributed by atoms with van der Waals surface area (Å²) in [5.41, 5.74) is -2.80. The number of aromatic nitrogens is 1. The third-order valence-corrected chi connectivity index (χ3v) is 2.03. The maximum absolute atomic E-state index is 14.1. The third kappa shape index (κ3) is 3.53. The number of amides is 1. The van der Waals surface area contributed by atoms with Crippen LogP contribution in [0.25, 0.3) is 12.6 Å². The predicted molar refractivity (Wildman–Crippen MR) is 71.3 cm³/mol. The fourth-order valence-corrected chi connectivity index (χ4v) is 1.22. The summed E-state index contributed by atoms with van der Waals surface area (Å²) in [5, 5.41) is 6.92. The van der Waals surface area contributed by atoms with Crippen LogP contribution in [0, 0.1) is 5.82 Å². The summed E-state index contributed by atoms with van der Waals surface area (Å²) >= 11 is 0. The topological polar surface area (TPSA) is 99.5 Å². The molecule has 1 amide bonds. The number of aromatic hydroxyl groups is 1. The Bertz CT molecular complexity index is 1100. The predicted octanol–water partition coefficient (Wildman–Crippen LogP) is 1.41. The lowest BCUT2D eigenvalue weighted by molar-refractivity contribution is -0.135. The molecule has 2 rings (SSSR count). The highest BCUT2D eigenvalue weighted by Crippen LogP contribution is 2.25. The highest BCUT2D eigenvalue weighted by atomic mass is 19.1. The molecule has 108 valence electrons. The molecule has 3 N–H and O–H groups in total. The molecule has 0 saturated heterocycles. The molecule has 1 heterocycles. The number of aliphatic carboxylic acids is 1. The van der Waals surface area contributed by atoms with Gasteiger partial charge in [-0.15, -0.1) is 0 Å². The van der Waals surface area contributed by atoms with Crippen LogP contribution in [0.4, 0.5) is 4.39 Å². The molecule has 0 saturated carbocycles. The Labute approximate surface area is 134 Å². The molecule has 21 heavy (non-hydrogen) atoms. The summed E-state index contributed by atoms with van der Waals surface area (Å²) in [6, 6.07) is -5.17. The van der Waals surface area contributed by atoms with E-state index < -0.39 is 88.5 Å². The van der Waals surface area contributed by atoms with Crippen molar-refractivity contribution < 1.29 is 36.6 Å². The molecule has 0 spiro atoms. The Morgan fingerprint density at radius 3 is 3.10 bits per heavy atom. The number of pyridine rings is 1. The minimum Gasteiger partial charge on any atom is -0.505 e. The molecular weight excluding hydrogens is 279 g/mol. The fourth-order valence-electron chi connectivity index (χ4n) is 1.22. The van der Waals surface area contributed by atoms with Crippen molar-refractivity contribution in [2.45, 2.75) is 0 Å². The van der Waals surface area contributed by atoms with Gasteiger partial charge in [-0.3, -0.25) is 9.59 Å². The first kappa shape index (κ1) is 5.80. The van der Waals surface area contributed by atoms with Crippen LogP contribution < -0.4 is 5.31 Å². The molecule has 2 aromatic rings. The van der Waals surface area contributed by atoms with Crippen LogP contribution in [-0.4, -0.2) is 35.0 Å². The zero-order valence-electron chi connectivity index (χ0n) is 20.9. The van der Waals surface area contributed by atoms with Gasteiger partial charge in [-0.1, -0.05) is 12.1 Å². The number of halogens is 1. The Kier molecular flexibility index (Phi) is 1.66. The Morgan fingerprint density at radius 2 is 2.33 bits per heavy atom. The molecule has 0 aliphatic heterocycles. The number of benzene rings is 1. The van der Waals surface area contributed by atoms with Crippen LogP contribution >= 0.6 is 0 Å². The third-order valence-electron chi connectivity index (χ3n) is 2.03. The maximum atomic E-state index is 14.1. The lowest BCUT2D eigenvalue weighted by Gasteiger charge is -2.07. The molecule has 1 aromatic carbocycles. The van der Waals surface area contributed by atoms with Crippen LogP contribution in [0.2, 0.25) is 1.41 Å². The summed E-state index contributed by atoms with van der Waals surface area (Å²) in [6.07, 6.45) is -1.07. The Balaban J connectivity index is 2.80. The standard InChI is InChI=1S/C14H11FN2O4/c15-10-3-1-2-8(4-10)9-5-11(18)13(16-6-9)14(21)17-7-12(19)20/h1-6,18H,7H2,(H,17,21)(H,19,20)/i1D,2D,3D,4D,5D,6D,7D2/hD3. The molecule has 6 nitrogen and oxygen atoms in total. The number of rotatable bonds is 5. The number of nitrogens with zero attached hydrogens (tertiary/aromatic N) is 1. The molecule has 1 aromatic heterocycles. The van der Waals surface area contributed by atoms with Crippen molar-refractivity contribution in [1.29, 1.82) is 2.86 Å². The van der Waals surface area contributed by atoms with E-state index >= 15 is 0 Å². The number of hydrogen-bond acceptors (Lipinski definition) is 5. The Hall–Kier alpha value is -2.96. The van der Waals surface area contributed by atoms with Gasteiger partial charge >= 0.3 is 5.97 Å². The average Bonchev–Trinajstić information content (AvgIpc) is 2.76. The first-order valence-electron chi connectivity index (χ1n) is 10.4. The van der Waals surface area contributed by atoms with E-state index in [1.54, 1.807) is 0 Å². The highest BCUT2D eigenvalue weighted by Gasteiger charge is 2.14. The second-order valence-corrected chi connectivity index (χ2v) is 3.41. The molecular formula is C14H11FN2O4. The quantitative estimate of drug-likeness (QED) is 0.775. The smallest absolute Gasteiger partial charge is 0.322 e. The Morgan fingerprint density at radius 1 is 1.48 bits per heavy atom.